The Kier molecular flexibility index (Phi) is 7.03. The monoisotopic (exact) mass is 774 g/mol. The first-order valence-corrected chi connectivity index (χ1v) is 15.2. The molecule has 2 aromatic carbocycles. The smallest absolute Gasteiger partial charge is 0.294 e. The van der Waals surface area contributed by atoms with Crippen LogP contribution in [0.15, 0.2) is 46.3 Å². The third kappa shape index (κ3) is 4.71. The van der Waals surface area contributed by atoms with Gasteiger partial charge in [0.05, 0.1) is 31.5 Å². The number of hydrogen-bond donors (Lipinski definition) is 0. The molecule has 0 aliphatic rings. The van der Waals surface area contributed by atoms with E-state index >= 15 is 0 Å². The van der Waals surface area contributed by atoms with Crippen molar-refractivity contribution >= 4 is 98.3 Å². The molecule has 0 saturated carbocycles. The van der Waals surface area contributed by atoms with Crippen molar-refractivity contribution in [3.05, 3.63) is 54.7 Å². The first kappa shape index (κ1) is 25.3. The third-order valence-corrected chi connectivity index (χ3v) is 9.68. The molecule has 0 bridgehead atoms. The lowest BCUT2D eigenvalue weighted by Gasteiger charge is -2.09. The zero-order valence-corrected chi connectivity index (χ0v) is 26.4. The molecule has 188 valence electrons. The molecule has 0 fully saturated rings. The quantitative estimate of drug-likeness (QED) is 0.133. The maximum atomic E-state index is 6.30. The van der Waals surface area contributed by atoms with Crippen LogP contribution in [0.4, 0.5) is 0 Å². The lowest BCUT2D eigenvalue weighted by molar-refractivity contribution is 0.303. The van der Waals surface area contributed by atoms with Crippen molar-refractivity contribution < 1.29 is 18.6 Å². The van der Waals surface area contributed by atoms with Crippen LogP contribution in [-0.2, 0) is 6.61 Å². The molecule has 1 atom stereocenters. The van der Waals surface area contributed by atoms with Gasteiger partial charge in [-0.1, -0.05) is 6.07 Å². The Labute approximate surface area is 248 Å². The average Bonchev–Trinajstić information content (AvgIpc) is 3.65. The van der Waals surface area contributed by atoms with Gasteiger partial charge in [-0.3, -0.25) is 0 Å². The number of thiazole rings is 1. The second-order valence-corrected chi connectivity index (χ2v) is 12.5. The van der Waals surface area contributed by atoms with E-state index in [1.165, 1.54) is 18.5 Å². The first-order chi connectivity index (χ1) is 17.9. The number of ether oxygens (including phenoxy) is 3. The third-order valence-electron chi connectivity index (χ3n) is 5.54. The second-order valence-electron chi connectivity index (χ2n) is 7.80. The Bertz CT molecular complexity index is 1730. The summed E-state index contributed by atoms with van der Waals surface area (Å²) in [7, 11) is 5.97. The largest absolute Gasteiger partial charge is 0.496 e. The number of methoxy groups -OCH3 is 2. The van der Waals surface area contributed by atoms with E-state index in [1.807, 2.05) is 23.7 Å². The van der Waals surface area contributed by atoms with E-state index in [1.54, 1.807) is 30.1 Å². The first-order valence-electron chi connectivity index (χ1n) is 10.8. The van der Waals surface area contributed by atoms with Gasteiger partial charge in [-0.05, 0) is 68.7 Å². The van der Waals surface area contributed by atoms with Crippen LogP contribution in [0.2, 0.25) is 0 Å². The SMILES string of the molecule is COc1cc(OCc2csc(-c3c(I)cccc3I)n2)c2c(P)c(-c3cn4nc(OC)sc4n3)oc2c1. The van der Waals surface area contributed by atoms with Gasteiger partial charge in [0.1, 0.15) is 34.4 Å². The van der Waals surface area contributed by atoms with Crippen molar-refractivity contribution in [1.29, 1.82) is 0 Å². The Morgan fingerprint density at radius 2 is 1.92 bits per heavy atom. The number of hydrogen-bond acceptors (Lipinski definition) is 9. The average molecular weight is 774 g/mol. The Morgan fingerprint density at radius 1 is 1.11 bits per heavy atom. The molecule has 8 nitrogen and oxygen atoms in total. The van der Waals surface area contributed by atoms with Crippen LogP contribution in [0, 0.1) is 7.14 Å². The number of imidazole rings is 1. The normalized spacial score (nSPS) is 11.5. The van der Waals surface area contributed by atoms with Crippen LogP contribution in [0.1, 0.15) is 5.69 Å². The van der Waals surface area contributed by atoms with Crippen molar-refractivity contribution in [2.75, 3.05) is 14.2 Å². The fourth-order valence-corrected chi connectivity index (χ4v) is 8.28. The van der Waals surface area contributed by atoms with Gasteiger partial charge in [0.2, 0.25) is 4.96 Å². The van der Waals surface area contributed by atoms with E-state index in [2.05, 4.69) is 82.7 Å². The summed E-state index contributed by atoms with van der Waals surface area (Å²) in [6.45, 7) is 0.313. The standard InChI is InChI=1S/C24H17I2N4O4PS2/c1-31-12-6-16(33-9-11-10-36-22(27-11)18-13(25)4-3-5-14(18)26)19-17(7-12)34-20(21(19)35)15-8-30-23(28-15)37-24(29-30)32-2/h3-8,10H,9,35H2,1-2H3. The van der Waals surface area contributed by atoms with Crippen LogP contribution in [0.3, 0.4) is 0 Å². The minimum atomic E-state index is 0.313. The van der Waals surface area contributed by atoms with Gasteiger partial charge in [0.25, 0.3) is 5.19 Å². The van der Waals surface area contributed by atoms with E-state index in [0.717, 1.165) is 27.0 Å². The molecule has 0 spiro atoms. The highest BCUT2D eigenvalue weighted by atomic mass is 127. The molecule has 37 heavy (non-hydrogen) atoms. The van der Waals surface area contributed by atoms with E-state index < -0.39 is 0 Å². The van der Waals surface area contributed by atoms with Gasteiger partial charge in [-0.25, -0.2) is 14.5 Å². The molecule has 13 heteroatoms. The molecule has 0 amide bonds. The van der Waals surface area contributed by atoms with Gasteiger partial charge in [-0.15, -0.1) is 25.7 Å². The highest BCUT2D eigenvalue weighted by Crippen LogP contribution is 2.38. The fraction of sp³-hybridized carbons (Fsp3) is 0.125. The summed E-state index contributed by atoms with van der Waals surface area (Å²) >= 11 is 7.68. The van der Waals surface area contributed by atoms with Gasteiger partial charge >= 0.3 is 0 Å². The van der Waals surface area contributed by atoms with Crippen LogP contribution in [-0.4, -0.2) is 33.8 Å². The number of benzene rings is 2. The molecule has 4 aromatic heterocycles. The molecule has 6 rings (SSSR count). The summed E-state index contributed by atoms with van der Waals surface area (Å²) in [6, 6.07) is 9.95. The van der Waals surface area contributed by atoms with E-state index in [-0.39, 0.29) is 0 Å². The highest BCUT2D eigenvalue weighted by molar-refractivity contribution is 14.1. The zero-order valence-electron chi connectivity index (χ0n) is 19.3. The van der Waals surface area contributed by atoms with Crippen LogP contribution in [0.5, 0.6) is 16.7 Å². The van der Waals surface area contributed by atoms with Gasteiger partial charge < -0.3 is 18.6 Å². The predicted octanol–water partition coefficient (Wildman–Crippen LogP) is 6.63. The van der Waals surface area contributed by atoms with Crippen LogP contribution in [0.25, 0.3) is 38.0 Å². The number of nitrogens with zero attached hydrogens (tertiary/aromatic N) is 4. The molecule has 0 aliphatic heterocycles. The topological polar surface area (TPSA) is 83.9 Å². The molecular formula is C24H17I2N4O4PS2. The Balaban J connectivity index is 1.34. The summed E-state index contributed by atoms with van der Waals surface area (Å²) in [6.07, 6.45) is 1.82. The lowest BCUT2D eigenvalue weighted by atomic mass is 10.2. The molecule has 1 unspecified atom stereocenters. The zero-order chi connectivity index (χ0) is 25.7. The second kappa shape index (κ2) is 10.3. The maximum absolute atomic E-state index is 6.30. The van der Waals surface area contributed by atoms with Gasteiger partial charge in [0, 0.05) is 35.5 Å². The van der Waals surface area contributed by atoms with Crippen LogP contribution < -0.4 is 19.5 Å². The summed E-state index contributed by atoms with van der Waals surface area (Å²) in [4.78, 5) is 10.2. The maximum Gasteiger partial charge on any atom is 0.294 e. The predicted molar refractivity (Wildman–Crippen MR) is 166 cm³/mol. The summed E-state index contributed by atoms with van der Waals surface area (Å²) in [5.41, 5.74) is 3.32. The van der Waals surface area contributed by atoms with Gasteiger partial charge in [-0.2, -0.15) is 0 Å². The van der Waals surface area contributed by atoms with Crippen molar-refractivity contribution in [1.82, 2.24) is 19.6 Å². The van der Waals surface area contributed by atoms with Crippen molar-refractivity contribution in [2.24, 2.45) is 0 Å². The summed E-state index contributed by atoms with van der Waals surface area (Å²) in [5, 5.41) is 9.60. The van der Waals surface area contributed by atoms with Gasteiger partial charge in [0.15, 0.2) is 5.76 Å². The number of aromatic nitrogens is 4. The lowest BCUT2D eigenvalue weighted by Crippen LogP contribution is -2.00. The Hall–Kier alpha value is -2.00. The molecule has 6 aromatic rings. The molecular weight excluding hydrogens is 757 g/mol. The minimum absolute atomic E-state index is 0.313. The number of halogens is 2. The number of furan rings is 1. The number of fused-ring (bicyclic) bond motifs is 2. The fourth-order valence-electron chi connectivity index (χ4n) is 3.83. The van der Waals surface area contributed by atoms with Crippen molar-refractivity contribution in [3.63, 3.8) is 0 Å². The van der Waals surface area contributed by atoms with Crippen molar-refractivity contribution in [2.45, 2.75) is 6.61 Å². The highest BCUT2D eigenvalue weighted by Gasteiger charge is 2.22. The molecule has 0 radical (unpaired) electrons. The Morgan fingerprint density at radius 3 is 2.65 bits per heavy atom. The summed E-state index contributed by atoms with van der Waals surface area (Å²) in [5.74, 6) is 1.91. The number of rotatable bonds is 7. The molecule has 0 aliphatic carbocycles. The van der Waals surface area contributed by atoms with Crippen molar-refractivity contribution in [3.8, 4) is 38.7 Å². The van der Waals surface area contributed by atoms with E-state index in [4.69, 9.17) is 23.6 Å². The van der Waals surface area contributed by atoms with E-state index in [0.29, 0.717) is 45.3 Å². The molecule has 0 saturated heterocycles. The molecule has 0 N–H and O–H groups in total. The minimum Gasteiger partial charge on any atom is -0.496 e. The van der Waals surface area contributed by atoms with Crippen LogP contribution >= 0.6 is 77.1 Å². The van der Waals surface area contributed by atoms with E-state index in [9.17, 15) is 0 Å². The summed E-state index contributed by atoms with van der Waals surface area (Å²) < 4.78 is 27.3. The molecule has 4 heterocycles.